The Balaban J connectivity index is 1.35. The van der Waals surface area contributed by atoms with Gasteiger partial charge in [0.1, 0.15) is 5.56 Å². The Kier molecular flexibility index (Phi) is 5.72. The molecule has 7 heteroatoms. The second kappa shape index (κ2) is 8.44. The molecule has 2 N–H and O–H groups in total. The zero-order valence-corrected chi connectivity index (χ0v) is 17.2. The Morgan fingerprint density at radius 1 is 1.13 bits per heavy atom. The van der Waals surface area contributed by atoms with Gasteiger partial charge in [0.15, 0.2) is 6.20 Å². The Bertz CT molecular complexity index is 933. The highest BCUT2D eigenvalue weighted by Crippen LogP contribution is 2.32. The standard InChI is InChI=1S/C23H27N4O3/c1-16-21(20(22(24)28)9-11-27(16)30)23(29)26-14-18-12-25(13-19(18)15-26)10-5-8-17-6-3-2-4-7-17/h2-4,6-9,11,18-19H,5,10,12-15H2,1H3,(H2,24,28)/t18-,19?/m0/s1. The zero-order chi connectivity index (χ0) is 21.3. The highest BCUT2D eigenvalue weighted by atomic mass is 16.5. The first kappa shape index (κ1) is 20.3. The Morgan fingerprint density at radius 2 is 1.80 bits per heavy atom. The molecule has 0 spiro atoms. The summed E-state index contributed by atoms with van der Waals surface area (Å²) in [6, 6.07) is 11.7. The fourth-order valence-electron chi connectivity index (χ4n) is 4.72. The quantitative estimate of drug-likeness (QED) is 0.578. The number of hydrogen-bond donors (Lipinski definition) is 1. The highest BCUT2D eigenvalue weighted by molar-refractivity contribution is 6.07. The second-order valence-corrected chi connectivity index (χ2v) is 8.27. The summed E-state index contributed by atoms with van der Waals surface area (Å²) in [7, 11) is 0. The van der Waals surface area contributed by atoms with Crippen LogP contribution in [0.25, 0.3) is 0 Å². The van der Waals surface area contributed by atoms with E-state index in [4.69, 9.17) is 5.73 Å². The number of primary amides is 1. The summed E-state index contributed by atoms with van der Waals surface area (Å²) >= 11 is 0. The van der Waals surface area contributed by atoms with Crippen molar-refractivity contribution in [2.45, 2.75) is 13.3 Å². The predicted octanol–water partition coefficient (Wildman–Crippen LogP) is 1.37. The molecule has 2 aliphatic heterocycles. The van der Waals surface area contributed by atoms with E-state index < -0.39 is 5.91 Å². The molecule has 1 aromatic carbocycles. The lowest BCUT2D eigenvalue weighted by molar-refractivity contribution is -0.612. The molecule has 30 heavy (non-hydrogen) atoms. The van der Waals surface area contributed by atoms with Crippen LogP contribution < -0.4 is 10.5 Å². The van der Waals surface area contributed by atoms with Crippen LogP contribution in [-0.2, 0) is 0 Å². The van der Waals surface area contributed by atoms with Crippen molar-refractivity contribution in [1.29, 1.82) is 0 Å². The maximum absolute atomic E-state index is 13.1. The number of benzene rings is 1. The minimum absolute atomic E-state index is 0.111. The summed E-state index contributed by atoms with van der Waals surface area (Å²) in [6.45, 7) is 5.79. The third kappa shape index (κ3) is 4.03. The lowest BCUT2D eigenvalue weighted by atomic mass is 10.0. The molecule has 3 heterocycles. The average molecular weight is 407 g/mol. The molecule has 2 aromatic rings. The number of nitrogens with zero attached hydrogens (tertiary/aromatic N) is 3. The van der Waals surface area contributed by atoms with Gasteiger partial charge in [0.25, 0.3) is 5.91 Å². The normalized spacial score (nSPS) is 21.0. The first-order valence-corrected chi connectivity index (χ1v) is 10.4. The molecule has 2 fully saturated rings. The number of carbonyl (C=O) groups excluding carboxylic acids is 2. The average Bonchev–Trinajstić information content (AvgIpc) is 3.29. The molecule has 0 saturated carbocycles. The fourth-order valence-corrected chi connectivity index (χ4v) is 4.72. The van der Waals surface area contributed by atoms with Crippen molar-refractivity contribution in [1.82, 2.24) is 9.80 Å². The molecule has 2 amide bonds. The number of aromatic nitrogens is 1. The van der Waals surface area contributed by atoms with Crippen molar-refractivity contribution in [2.75, 3.05) is 32.7 Å². The molecule has 1 radical (unpaired) electrons. The zero-order valence-electron chi connectivity index (χ0n) is 17.2. The van der Waals surface area contributed by atoms with Gasteiger partial charge in [0, 0.05) is 39.2 Å². The summed E-state index contributed by atoms with van der Waals surface area (Å²) < 4.78 is 0.613. The molecule has 1 aromatic heterocycles. The van der Waals surface area contributed by atoms with Crippen LogP contribution in [0.5, 0.6) is 0 Å². The summed E-state index contributed by atoms with van der Waals surface area (Å²) in [5.41, 5.74) is 7.14. The maximum Gasteiger partial charge on any atom is 0.261 e. The third-order valence-corrected chi connectivity index (χ3v) is 6.29. The molecule has 157 valence electrons. The number of hydrogen-bond acceptors (Lipinski definition) is 4. The van der Waals surface area contributed by atoms with Crippen LogP contribution >= 0.6 is 0 Å². The van der Waals surface area contributed by atoms with Crippen LogP contribution in [0.4, 0.5) is 0 Å². The largest absolute Gasteiger partial charge is 0.618 e. The number of pyridine rings is 1. The SMILES string of the molecule is Cc1c(C(=O)N2CC3CN(CC[CH]c4ccccc4)C[C@H]3C2)c(C(N)=O)cc[n+]1[O-]. The smallest absolute Gasteiger partial charge is 0.261 e. The first-order chi connectivity index (χ1) is 14.4. The molecule has 1 unspecified atom stereocenters. The molecular formula is C23H27N4O3. The van der Waals surface area contributed by atoms with Crippen molar-refractivity contribution < 1.29 is 14.3 Å². The molecular weight excluding hydrogens is 380 g/mol. The topological polar surface area (TPSA) is 93.6 Å². The van der Waals surface area contributed by atoms with Crippen molar-refractivity contribution in [3.05, 3.63) is 76.6 Å². The number of rotatable bonds is 6. The minimum Gasteiger partial charge on any atom is -0.618 e. The predicted molar refractivity (Wildman–Crippen MR) is 112 cm³/mol. The number of likely N-dealkylation sites (tertiary alicyclic amines) is 2. The molecule has 2 atom stereocenters. The number of amides is 2. The van der Waals surface area contributed by atoms with Gasteiger partial charge in [-0.2, -0.15) is 4.73 Å². The highest BCUT2D eigenvalue weighted by Gasteiger charge is 2.42. The maximum atomic E-state index is 13.1. The van der Waals surface area contributed by atoms with Gasteiger partial charge in [-0.25, -0.2) is 0 Å². The summed E-state index contributed by atoms with van der Waals surface area (Å²) in [5, 5.41) is 12.0. The first-order valence-electron chi connectivity index (χ1n) is 10.4. The minimum atomic E-state index is -0.692. The van der Waals surface area contributed by atoms with E-state index in [0.717, 1.165) is 26.1 Å². The van der Waals surface area contributed by atoms with Crippen LogP contribution in [0.3, 0.4) is 0 Å². The molecule has 4 rings (SSSR count). The van der Waals surface area contributed by atoms with Crippen LogP contribution in [0.1, 0.15) is 38.4 Å². The van der Waals surface area contributed by atoms with E-state index in [2.05, 4.69) is 23.5 Å². The molecule has 0 aliphatic carbocycles. The van der Waals surface area contributed by atoms with Crippen LogP contribution in [0.2, 0.25) is 0 Å². The summed E-state index contributed by atoms with van der Waals surface area (Å²) in [5.74, 6) is -0.121. The number of nitrogens with two attached hydrogens (primary N) is 1. The van der Waals surface area contributed by atoms with Gasteiger partial charge in [0.05, 0.1) is 5.56 Å². The molecule has 2 aliphatic rings. The van der Waals surface area contributed by atoms with E-state index in [1.165, 1.54) is 17.8 Å². The van der Waals surface area contributed by atoms with E-state index in [0.29, 0.717) is 29.7 Å². The van der Waals surface area contributed by atoms with Gasteiger partial charge in [-0.15, -0.1) is 0 Å². The molecule has 2 saturated heterocycles. The Morgan fingerprint density at radius 3 is 2.43 bits per heavy atom. The summed E-state index contributed by atoms with van der Waals surface area (Å²) in [6.07, 6.45) is 4.47. The van der Waals surface area contributed by atoms with Crippen molar-refractivity contribution >= 4 is 11.8 Å². The van der Waals surface area contributed by atoms with Crippen molar-refractivity contribution in [3.8, 4) is 0 Å². The van der Waals surface area contributed by atoms with Crippen LogP contribution in [0, 0.1) is 30.4 Å². The lowest BCUT2D eigenvalue weighted by Crippen LogP contribution is -2.39. The van der Waals surface area contributed by atoms with Crippen molar-refractivity contribution in [2.24, 2.45) is 17.6 Å². The Labute approximate surface area is 176 Å². The van der Waals surface area contributed by atoms with E-state index in [9.17, 15) is 14.8 Å². The fraction of sp³-hybridized carbons (Fsp3) is 0.391. The van der Waals surface area contributed by atoms with Crippen LogP contribution in [0.15, 0.2) is 42.6 Å². The van der Waals surface area contributed by atoms with Gasteiger partial charge >= 0.3 is 0 Å². The van der Waals surface area contributed by atoms with Gasteiger partial charge in [-0.05, 0) is 36.8 Å². The third-order valence-electron chi connectivity index (χ3n) is 6.29. The van der Waals surface area contributed by atoms with Gasteiger partial charge < -0.3 is 20.7 Å². The van der Waals surface area contributed by atoms with Gasteiger partial charge in [-0.1, -0.05) is 30.3 Å². The molecule has 0 bridgehead atoms. The Hall–Kier alpha value is -2.93. The van der Waals surface area contributed by atoms with E-state index in [-0.39, 0.29) is 22.7 Å². The second-order valence-electron chi connectivity index (χ2n) is 8.27. The monoisotopic (exact) mass is 407 g/mol. The number of fused-ring (bicyclic) bond motifs is 1. The van der Waals surface area contributed by atoms with E-state index in [1.54, 1.807) is 11.8 Å². The number of carbonyl (C=O) groups is 2. The van der Waals surface area contributed by atoms with Crippen LogP contribution in [-0.4, -0.2) is 54.3 Å². The molecule has 7 nitrogen and oxygen atoms in total. The van der Waals surface area contributed by atoms with Gasteiger partial charge in [-0.3, -0.25) is 9.59 Å². The van der Waals surface area contributed by atoms with E-state index in [1.807, 2.05) is 18.2 Å². The van der Waals surface area contributed by atoms with Crippen molar-refractivity contribution in [3.63, 3.8) is 0 Å². The van der Waals surface area contributed by atoms with E-state index >= 15 is 0 Å². The lowest BCUT2D eigenvalue weighted by Gasteiger charge is -2.22. The summed E-state index contributed by atoms with van der Waals surface area (Å²) in [4.78, 5) is 29.1. The van der Waals surface area contributed by atoms with Gasteiger partial charge in [0.2, 0.25) is 11.6 Å².